The van der Waals surface area contributed by atoms with E-state index in [0.29, 0.717) is 22.8 Å². The second kappa shape index (κ2) is 12.2. The van der Waals surface area contributed by atoms with Crippen molar-refractivity contribution in [2.75, 3.05) is 19.6 Å². The number of aromatic amines is 1. The topological polar surface area (TPSA) is 98.5 Å². The van der Waals surface area contributed by atoms with E-state index in [0.717, 1.165) is 60.2 Å². The Labute approximate surface area is 246 Å². The lowest BCUT2D eigenvalue weighted by atomic mass is 9.97. The standard InChI is InChI=1S/C34H38N6O2/c1-3-29(24-11-5-4-6-12-24)37-33(41)25-14-15-30-28(19-25)31(34(42)38-30)32(26-20-35-39(2)22-26)36-27-13-9-10-23(18-27)21-40-16-7-8-17-40/h4-6,9,11-15,18-20,22-23,29,38,42H,3,7-8,10,16-17,21H2,1-2H3,(H,37,41)/t23?,29-/m1/s1. The van der Waals surface area contributed by atoms with Crippen LogP contribution >= 0.6 is 0 Å². The SMILES string of the molecule is CC[C@@H](NC(=O)c1ccc2[nH]c(O)c(C(=NC3=CC(CN4CCCC4)CC=C3)c3cnn(C)c3)c2c1)c1ccccc1. The summed E-state index contributed by atoms with van der Waals surface area (Å²) in [6.45, 7) is 5.42. The molecule has 2 aromatic carbocycles. The van der Waals surface area contributed by atoms with Gasteiger partial charge in [-0.15, -0.1) is 0 Å². The van der Waals surface area contributed by atoms with Crippen LogP contribution in [0.4, 0.5) is 0 Å². The van der Waals surface area contributed by atoms with E-state index in [1.807, 2.05) is 55.7 Å². The first-order valence-corrected chi connectivity index (χ1v) is 14.9. The monoisotopic (exact) mass is 562 g/mol. The highest BCUT2D eigenvalue weighted by molar-refractivity contribution is 6.22. The van der Waals surface area contributed by atoms with Gasteiger partial charge in [-0.2, -0.15) is 5.10 Å². The number of amides is 1. The Morgan fingerprint density at radius 2 is 1.98 bits per heavy atom. The van der Waals surface area contributed by atoms with Crippen LogP contribution < -0.4 is 5.32 Å². The zero-order chi connectivity index (χ0) is 29.1. The van der Waals surface area contributed by atoms with E-state index < -0.39 is 0 Å². The summed E-state index contributed by atoms with van der Waals surface area (Å²) in [5.74, 6) is 0.238. The Morgan fingerprint density at radius 1 is 1.17 bits per heavy atom. The number of nitrogens with zero attached hydrogens (tertiary/aromatic N) is 4. The van der Waals surface area contributed by atoms with Crippen LogP contribution in [-0.4, -0.2) is 56.0 Å². The number of nitrogens with one attached hydrogen (secondary N) is 2. The van der Waals surface area contributed by atoms with Crippen molar-refractivity contribution in [3.05, 3.63) is 107 Å². The summed E-state index contributed by atoms with van der Waals surface area (Å²) < 4.78 is 1.73. The Hall–Kier alpha value is -4.43. The summed E-state index contributed by atoms with van der Waals surface area (Å²) in [6, 6.07) is 15.4. The number of H-pyrrole nitrogens is 1. The number of hydrogen-bond donors (Lipinski definition) is 3. The van der Waals surface area contributed by atoms with Gasteiger partial charge in [-0.25, -0.2) is 4.99 Å². The predicted octanol–water partition coefficient (Wildman–Crippen LogP) is 5.88. The highest BCUT2D eigenvalue weighted by atomic mass is 16.3. The molecule has 1 aliphatic carbocycles. The van der Waals surface area contributed by atoms with Crippen molar-refractivity contribution < 1.29 is 9.90 Å². The van der Waals surface area contributed by atoms with Gasteiger partial charge in [0.05, 0.1) is 29.2 Å². The van der Waals surface area contributed by atoms with Gasteiger partial charge < -0.3 is 20.3 Å². The average molecular weight is 563 g/mol. The summed E-state index contributed by atoms with van der Waals surface area (Å²) in [6.07, 6.45) is 14.5. The summed E-state index contributed by atoms with van der Waals surface area (Å²) in [5, 5.41) is 19.5. The second-order valence-corrected chi connectivity index (χ2v) is 11.3. The van der Waals surface area contributed by atoms with Crippen molar-refractivity contribution in [2.24, 2.45) is 18.0 Å². The number of hydrogen-bond acceptors (Lipinski definition) is 5. The molecule has 1 fully saturated rings. The third-order valence-electron chi connectivity index (χ3n) is 8.24. The number of fused-ring (bicyclic) bond motifs is 1. The molecule has 1 amide bonds. The number of aromatic hydroxyl groups is 1. The van der Waals surface area contributed by atoms with Crippen LogP contribution in [0.25, 0.3) is 10.9 Å². The molecule has 4 aromatic rings. The van der Waals surface area contributed by atoms with Crippen LogP contribution in [0.5, 0.6) is 5.88 Å². The van der Waals surface area contributed by atoms with Gasteiger partial charge in [0.1, 0.15) is 0 Å². The molecule has 8 nitrogen and oxygen atoms in total. The van der Waals surface area contributed by atoms with Crippen LogP contribution in [-0.2, 0) is 7.05 Å². The molecule has 0 bridgehead atoms. The molecule has 3 heterocycles. The van der Waals surface area contributed by atoms with Crippen LogP contribution in [0.3, 0.4) is 0 Å². The molecule has 1 saturated heterocycles. The van der Waals surface area contributed by atoms with Crippen molar-refractivity contribution >= 4 is 22.5 Å². The van der Waals surface area contributed by atoms with Gasteiger partial charge in [0.2, 0.25) is 0 Å². The van der Waals surface area contributed by atoms with Crippen molar-refractivity contribution in [3.63, 3.8) is 0 Å². The Balaban J connectivity index is 1.37. The van der Waals surface area contributed by atoms with E-state index >= 15 is 0 Å². The molecule has 6 rings (SSSR count). The van der Waals surface area contributed by atoms with E-state index in [-0.39, 0.29) is 17.8 Å². The lowest BCUT2D eigenvalue weighted by Crippen LogP contribution is -2.28. The lowest BCUT2D eigenvalue weighted by Gasteiger charge is -2.22. The van der Waals surface area contributed by atoms with Crippen LogP contribution in [0.15, 0.2) is 89.8 Å². The largest absolute Gasteiger partial charge is 0.494 e. The number of aliphatic imine (C=N–C) groups is 1. The normalized spacial score (nSPS) is 18.4. The fourth-order valence-electron chi connectivity index (χ4n) is 6.07. The third-order valence-corrected chi connectivity index (χ3v) is 8.24. The lowest BCUT2D eigenvalue weighted by molar-refractivity contribution is 0.0935. The number of rotatable bonds is 9. The number of aryl methyl sites for hydroxylation is 1. The minimum absolute atomic E-state index is 0.00915. The van der Waals surface area contributed by atoms with Gasteiger partial charge in [-0.05, 0) is 74.5 Å². The first-order valence-electron chi connectivity index (χ1n) is 14.9. The summed E-state index contributed by atoms with van der Waals surface area (Å²) in [7, 11) is 1.86. The number of aromatic nitrogens is 3. The maximum atomic E-state index is 13.4. The third kappa shape index (κ3) is 5.94. The molecule has 0 spiro atoms. The van der Waals surface area contributed by atoms with Crippen molar-refractivity contribution in [1.82, 2.24) is 25.0 Å². The van der Waals surface area contributed by atoms with Crippen LogP contribution in [0, 0.1) is 5.92 Å². The number of carbonyl (C=O) groups excluding carboxylic acids is 1. The minimum atomic E-state index is -0.165. The first kappa shape index (κ1) is 27.7. The molecule has 2 atom stereocenters. The Morgan fingerprint density at radius 3 is 2.71 bits per heavy atom. The Kier molecular flexibility index (Phi) is 8.06. The van der Waals surface area contributed by atoms with Gasteiger partial charge in [-0.1, -0.05) is 49.4 Å². The van der Waals surface area contributed by atoms with Crippen LogP contribution in [0.1, 0.15) is 65.7 Å². The molecule has 1 unspecified atom stereocenters. The average Bonchev–Trinajstić information content (AvgIpc) is 3.75. The predicted molar refractivity (Wildman–Crippen MR) is 167 cm³/mol. The number of benzene rings is 2. The highest BCUT2D eigenvalue weighted by Crippen LogP contribution is 2.32. The van der Waals surface area contributed by atoms with Crippen LogP contribution in [0.2, 0.25) is 0 Å². The first-order chi connectivity index (χ1) is 20.5. The van der Waals surface area contributed by atoms with Crippen molar-refractivity contribution in [3.8, 4) is 5.88 Å². The molecule has 0 saturated carbocycles. The van der Waals surface area contributed by atoms with Crippen molar-refractivity contribution in [1.29, 1.82) is 0 Å². The fraction of sp³-hybridized carbons (Fsp3) is 0.324. The number of allylic oxidation sites excluding steroid dienone is 2. The summed E-state index contributed by atoms with van der Waals surface area (Å²) in [5.41, 5.74) is 5.12. The summed E-state index contributed by atoms with van der Waals surface area (Å²) in [4.78, 5) is 24.2. The molecule has 2 aromatic heterocycles. The Bertz CT molecular complexity index is 1660. The fourth-order valence-corrected chi connectivity index (χ4v) is 6.07. The molecular weight excluding hydrogens is 524 g/mol. The molecule has 2 aliphatic rings. The quantitative estimate of drug-likeness (QED) is 0.222. The zero-order valence-corrected chi connectivity index (χ0v) is 24.3. The number of likely N-dealkylation sites (tertiary alicyclic amines) is 1. The molecule has 8 heteroatoms. The van der Waals surface area contributed by atoms with E-state index in [9.17, 15) is 9.90 Å². The van der Waals surface area contributed by atoms with Gasteiger partial charge in [0.25, 0.3) is 5.91 Å². The molecule has 3 N–H and O–H groups in total. The molecule has 42 heavy (non-hydrogen) atoms. The maximum absolute atomic E-state index is 13.4. The van der Waals surface area contributed by atoms with Crippen molar-refractivity contribution in [2.45, 2.75) is 38.6 Å². The second-order valence-electron chi connectivity index (χ2n) is 11.3. The van der Waals surface area contributed by atoms with Gasteiger partial charge >= 0.3 is 0 Å². The molecule has 0 radical (unpaired) electrons. The maximum Gasteiger partial charge on any atom is 0.251 e. The molecular formula is C34H38N6O2. The molecule has 1 aliphatic heterocycles. The minimum Gasteiger partial charge on any atom is -0.494 e. The highest BCUT2D eigenvalue weighted by Gasteiger charge is 2.23. The van der Waals surface area contributed by atoms with E-state index in [4.69, 9.17) is 4.99 Å². The molecule has 216 valence electrons. The smallest absolute Gasteiger partial charge is 0.251 e. The van der Waals surface area contributed by atoms with E-state index in [2.05, 4.69) is 45.5 Å². The number of carbonyl (C=O) groups is 1. The van der Waals surface area contributed by atoms with Gasteiger partial charge in [0.15, 0.2) is 5.88 Å². The van der Waals surface area contributed by atoms with Gasteiger partial charge in [0, 0.05) is 41.8 Å². The zero-order valence-electron chi connectivity index (χ0n) is 24.3. The van der Waals surface area contributed by atoms with E-state index in [1.54, 1.807) is 16.9 Å². The van der Waals surface area contributed by atoms with Gasteiger partial charge in [-0.3, -0.25) is 9.48 Å². The summed E-state index contributed by atoms with van der Waals surface area (Å²) >= 11 is 0. The van der Waals surface area contributed by atoms with E-state index in [1.165, 1.54) is 12.8 Å².